The molecule has 0 saturated carbocycles. The van der Waals surface area contributed by atoms with Crippen LogP contribution in [0.4, 0.5) is 0 Å². The van der Waals surface area contributed by atoms with Gasteiger partial charge >= 0.3 is 0 Å². The highest BCUT2D eigenvalue weighted by Gasteiger charge is 2.46. The second-order valence-electron chi connectivity index (χ2n) is 6.60. The Morgan fingerprint density at radius 3 is 2.77 bits per heavy atom. The fourth-order valence-electron chi connectivity index (χ4n) is 2.67. The Labute approximate surface area is 157 Å². The summed E-state index contributed by atoms with van der Waals surface area (Å²) < 4.78 is 31.5. The van der Waals surface area contributed by atoms with Gasteiger partial charge in [-0.3, -0.25) is 0 Å². The smallest absolute Gasteiger partial charge is 0.260 e. The van der Waals surface area contributed by atoms with Crippen LogP contribution in [-0.2, 0) is 15.6 Å². The Kier molecular flexibility index (Phi) is 5.21. The molecule has 1 fully saturated rings. The molecule has 0 amide bonds. The number of aromatic nitrogens is 2. The Balaban J connectivity index is 1.77. The van der Waals surface area contributed by atoms with Gasteiger partial charge in [0, 0.05) is 29.3 Å². The van der Waals surface area contributed by atoms with Crippen molar-refractivity contribution in [2.75, 3.05) is 13.1 Å². The van der Waals surface area contributed by atoms with E-state index in [-0.39, 0.29) is 31.3 Å². The highest BCUT2D eigenvalue weighted by Crippen LogP contribution is 2.33. The van der Waals surface area contributed by atoms with Crippen LogP contribution in [0.3, 0.4) is 0 Å². The standard InChI is InChI=1S/C17H20ClN3O4S/c1-12(2)15-19-16(25-20-15)17(22)8-9-21(11-17)26(23,24)10-7-13-5-3-4-6-14(13)18/h3-7,10,12,22H,8-9,11H2,1-2H3/b10-7+. The van der Waals surface area contributed by atoms with Crippen LogP contribution in [0.2, 0.25) is 5.02 Å². The Morgan fingerprint density at radius 1 is 1.38 bits per heavy atom. The van der Waals surface area contributed by atoms with Gasteiger partial charge in [-0.1, -0.05) is 48.8 Å². The van der Waals surface area contributed by atoms with Gasteiger partial charge in [-0.05, 0) is 17.7 Å². The topological polar surface area (TPSA) is 96.5 Å². The van der Waals surface area contributed by atoms with Crippen LogP contribution < -0.4 is 0 Å². The SMILES string of the molecule is CC(C)c1noc(C2(O)CCN(S(=O)(=O)/C=C/c3ccccc3Cl)C2)n1. The number of rotatable bonds is 5. The summed E-state index contributed by atoms with van der Waals surface area (Å²) in [4.78, 5) is 4.20. The van der Waals surface area contributed by atoms with Gasteiger partial charge in [-0.15, -0.1) is 0 Å². The normalized spacial score (nSPS) is 21.9. The predicted molar refractivity (Wildman–Crippen MR) is 97.9 cm³/mol. The van der Waals surface area contributed by atoms with Gasteiger partial charge in [0.25, 0.3) is 5.89 Å². The van der Waals surface area contributed by atoms with Crippen molar-refractivity contribution in [3.8, 4) is 0 Å². The first kappa shape index (κ1) is 19.0. The molecule has 9 heteroatoms. The highest BCUT2D eigenvalue weighted by atomic mass is 35.5. The molecule has 26 heavy (non-hydrogen) atoms. The first-order valence-electron chi connectivity index (χ1n) is 8.20. The summed E-state index contributed by atoms with van der Waals surface area (Å²) in [6.45, 7) is 3.83. The number of halogens is 1. The monoisotopic (exact) mass is 397 g/mol. The molecule has 1 aliphatic heterocycles. The van der Waals surface area contributed by atoms with E-state index in [1.54, 1.807) is 24.3 Å². The van der Waals surface area contributed by atoms with Gasteiger partial charge in [0.15, 0.2) is 11.4 Å². The van der Waals surface area contributed by atoms with Crippen molar-refractivity contribution in [2.24, 2.45) is 0 Å². The first-order chi connectivity index (χ1) is 12.2. The summed E-state index contributed by atoms with van der Waals surface area (Å²) >= 11 is 6.04. The number of aliphatic hydroxyl groups is 1. The molecule has 1 N–H and O–H groups in total. The van der Waals surface area contributed by atoms with E-state index in [0.717, 1.165) is 5.41 Å². The van der Waals surface area contributed by atoms with E-state index in [4.69, 9.17) is 16.1 Å². The molecule has 1 aliphatic rings. The van der Waals surface area contributed by atoms with Crippen molar-refractivity contribution in [1.29, 1.82) is 0 Å². The molecular formula is C17H20ClN3O4S. The van der Waals surface area contributed by atoms with Crippen LogP contribution in [0.25, 0.3) is 6.08 Å². The molecule has 0 bridgehead atoms. The lowest BCUT2D eigenvalue weighted by atomic mass is 10.0. The summed E-state index contributed by atoms with van der Waals surface area (Å²) in [6, 6.07) is 6.95. The lowest BCUT2D eigenvalue weighted by Gasteiger charge is -2.18. The van der Waals surface area contributed by atoms with E-state index >= 15 is 0 Å². The minimum atomic E-state index is -3.72. The fourth-order valence-corrected chi connectivity index (χ4v) is 4.09. The third kappa shape index (κ3) is 3.83. The van der Waals surface area contributed by atoms with Crippen molar-refractivity contribution in [1.82, 2.24) is 14.4 Å². The Hall–Kier alpha value is -1.74. The molecule has 1 aromatic heterocycles. The maximum atomic E-state index is 12.6. The van der Waals surface area contributed by atoms with E-state index in [2.05, 4.69) is 10.1 Å². The van der Waals surface area contributed by atoms with Gasteiger partial charge in [-0.25, -0.2) is 8.42 Å². The molecule has 1 unspecified atom stereocenters. The average Bonchev–Trinajstić information content (AvgIpc) is 3.22. The van der Waals surface area contributed by atoms with Gasteiger partial charge in [0.1, 0.15) is 0 Å². The van der Waals surface area contributed by atoms with E-state index in [1.165, 1.54) is 10.4 Å². The van der Waals surface area contributed by atoms with Crippen LogP contribution in [0.1, 0.15) is 43.5 Å². The minimum Gasteiger partial charge on any atom is -0.379 e. The summed E-state index contributed by atoms with van der Waals surface area (Å²) in [7, 11) is -3.72. The molecule has 2 aromatic rings. The van der Waals surface area contributed by atoms with Gasteiger partial charge < -0.3 is 9.63 Å². The van der Waals surface area contributed by atoms with Crippen molar-refractivity contribution >= 4 is 27.7 Å². The van der Waals surface area contributed by atoms with Crippen LogP contribution in [0.5, 0.6) is 0 Å². The maximum absolute atomic E-state index is 12.6. The number of hydrogen-bond donors (Lipinski definition) is 1. The zero-order valence-electron chi connectivity index (χ0n) is 14.5. The lowest BCUT2D eigenvalue weighted by Crippen LogP contribution is -2.33. The van der Waals surface area contributed by atoms with Gasteiger partial charge in [0.05, 0.1) is 6.54 Å². The highest BCUT2D eigenvalue weighted by molar-refractivity contribution is 7.92. The van der Waals surface area contributed by atoms with Crippen molar-refractivity contribution < 1.29 is 18.0 Å². The van der Waals surface area contributed by atoms with Gasteiger partial charge in [0.2, 0.25) is 10.0 Å². The summed E-state index contributed by atoms with van der Waals surface area (Å²) in [5.41, 5.74) is -0.878. The first-order valence-corrected chi connectivity index (χ1v) is 10.1. The fraction of sp³-hybridized carbons (Fsp3) is 0.412. The molecular weight excluding hydrogens is 378 g/mol. The molecule has 1 atom stereocenters. The molecule has 0 spiro atoms. The molecule has 3 rings (SSSR count). The molecule has 1 saturated heterocycles. The van der Waals surface area contributed by atoms with Crippen LogP contribution in [-0.4, -0.2) is 41.1 Å². The summed E-state index contributed by atoms with van der Waals surface area (Å²) in [5.74, 6) is 0.582. The molecule has 1 aromatic carbocycles. The number of β-amino-alcohol motifs (C(OH)–C–C–N with tert-alkyl or cyclic N) is 1. The molecule has 7 nitrogen and oxygen atoms in total. The zero-order valence-corrected chi connectivity index (χ0v) is 16.0. The van der Waals surface area contributed by atoms with Crippen LogP contribution >= 0.6 is 11.6 Å². The summed E-state index contributed by atoms with van der Waals surface area (Å²) in [6.07, 6.45) is 1.63. The second kappa shape index (κ2) is 7.11. The van der Waals surface area contributed by atoms with Crippen molar-refractivity contribution in [3.05, 3.63) is 52.0 Å². The number of hydrogen-bond acceptors (Lipinski definition) is 6. The lowest BCUT2D eigenvalue weighted by molar-refractivity contribution is 0.0195. The number of nitrogens with zero attached hydrogens (tertiary/aromatic N) is 3. The third-order valence-corrected chi connectivity index (χ3v) is 6.11. The molecule has 0 radical (unpaired) electrons. The van der Waals surface area contributed by atoms with E-state index in [0.29, 0.717) is 16.4 Å². The van der Waals surface area contributed by atoms with E-state index in [1.807, 2.05) is 13.8 Å². The third-order valence-electron chi connectivity index (χ3n) is 4.25. The number of benzene rings is 1. The quantitative estimate of drug-likeness (QED) is 0.833. The van der Waals surface area contributed by atoms with Gasteiger partial charge in [-0.2, -0.15) is 9.29 Å². The number of sulfonamides is 1. The van der Waals surface area contributed by atoms with Crippen LogP contribution in [0.15, 0.2) is 34.2 Å². The minimum absolute atomic E-state index is 0.0500. The average molecular weight is 398 g/mol. The summed E-state index contributed by atoms with van der Waals surface area (Å²) in [5, 5.41) is 16.2. The Bertz CT molecular complexity index is 926. The Morgan fingerprint density at radius 2 is 2.12 bits per heavy atom. The second-order valence-corrected chi connectivity index (χ2v) is 8.82. The predicted octanol–water partition coefficient (Wildman–Crippen LogP) is 2.74. The molecule has 140 valence electrons. The van der Waals surface area contributed by atoms with Crippen molar-refractivity contribution in [2.45, 2.75) is 31.8 Å². The van der Waals surface area contributed by atoms with Crippen molar-refractivity contribution in [3.63, 3.8) is 0 Å². The zero-order chi connectivity index (χ0) is 18.9. The largest absolute Gasteiger partial charge is 0.379 e. The van der Waals surface area contributed by atoms with E-state index in [9.17, 15) is 13.5 Å². The molecule has 2 heterocycles. The maximum Gasteiger partial charge on any atom is 0.260 e. The van der Waals surface area contributed by atoms with Crippen LogP contribution in [0, 0.1) is 0 Å². The molecule has 0 aliphatic carbocycles. The van der Waals surface area contributed by atoms with E-state index < -0.39 is 15.6 Å².